The van der Waals surface area contributed by atoms with E-state index in [0.717, 1.165) is 47.3 Å². The fourth-order valence-corrected chi connectivity index (χ4v) is 3.35. The number of aromatic nitrogens is 2. The molecule has 1 aliphatic rings. The average molecular weight is 378 g/mol. The second-order valence-corrected chi connectivity index (χ2v) is 6.68. The number of methoxy groups -OCH3 is 1. The van der Waals surface area contributed by atoms with Crippen LogP contribution >= 0.6 is 15.9 Å². The van der Waals surface area contributed by atoms with Crippen molar-refractivity contribution in [1.29, 1.82) is 0 Å². The first kappa shape index (κ1) is 16.1. The summed E-state index contributed by atoms with van der Waals surface area (Å²) in [5, 5.41) is 7.38. The number of amides is 1. The highest BCUT2D eigenvalue weighted by atomic mass is 79.9. The van der Waals surface area contributed by atoms with Crippen molar-refractivity contribution in [3.63, 3.8) is 0 Å². The predicted octanol–water partition coefficient (Wildman–Crippen LogP) is 3.48. The van der Waals surface area contributed by atoms with E-state index in [1.165, 1.54) is 0 Å². The van der Waals surface area contributed by atoms with Gasteiger partial charge in [-0.05, 0) is 38.3 Å². The number of hydrogen-bond donors (Lipinski definition) is 1. The van der Waals surface area contributed by atoms with Crippen LogP contribution in [0.1, 0.15) is 47.4 Å². The summed E-state index contributed by atoms with van der Waals surface area (Å²) in [4.78, 5) is 12.6. The highest BCUT2D eigenvalue weighted by molar-refractivity contribution is 9.10. The van der Waals surface area contributed by atoms with E-state index in [0.29, 0.717) is 5.56 Å². The van der Waals surface area contributed by atoms with Gasteiger partial charge in [0.2, 0.25) is 0 Å². The van der Waals surface area contributed by atoms with Crippen molar-refractivity contribution in [3.05, 3.63) is 45.7 Å². The highest BCUT2D eigenvalue weighted by Crippen LogP contribution is 2.29. The van der Waals surface area contributed by atoms with Gasteiger partial charge in [0.05, 0.1) is 30.6 Å². The van der Waals surface area contributed by atoms with Crippen molar-refractivity contribution in [1.82, 2.24) is 15.1 Å². The van der Waals surface area contributed by atoms with Crippen LogP contribution in [0.3, 0.4) is 0 Å². The summed E-state index contributed by atoms with van der Waals surface area (Å²) in [5.41, 5.74) is 2.68. The lowest BCUT2D eigenvalue weighted by Crippen LogP contribution is -2.28. The zero-order valence-corrected chi connectivity index (χ0v) is 14.9. The van der Waals surface area contributed by atoms with Crippen LogP contribution < -0.4 is 10.1 Å². The van der Waals surface area contributed by atoms with Gasteiger partial charge in [0.25, 0.3) is 5.91 Å². The van der Waals surface area contributed by atoms with Gasteiger partial charge in [0.1, 0.15) is 5.75 Å². The minimum absolute atomic E-state index is 0.0781. The fraction of sp³-hybridized carbons (Fsp3) is 0.412. The first-order chi connectivity index (χ1) is 11.1. The number of halogens is 1. The molecule has 0 bridgehead atoms. The third kappa shape index (κ3) is 3.27. The molecule has 1 amide bonds. The van der Waals surface area contributed by atoms with E-state index in [9.17, 15) is 4.79 Å². The maximum Gasteiger partial charge on any atom is 0.255 e. The molecule has 1 N–H and O–H groups in total. The fourth-order valence-electron chi connectivity index (χ4n) is 3.01. The number of hydrogen-bond acceptors (Lipinski definition) is 3. The van der Waals surface area contributed by atoms with E-state index in [4.69, 9.17) is 4.74 Å². The van der Waals surface area contributed by atoms with Gasteiger partial charge in [-0.2, -0.15) is 5.10 Å². The van der Waals surface area contributed by atoms with Crippen molar-refractivity contribution in [3.8, 4) is 5.75 Å². The zero-order valence-electron chi connectivity index (χ0n) is 13.3. The van der Waals surface area contributed by atoms with E-state index in [-0.39, 0.29) is 11.9 Å². The molecule has 1 atom stereocenters. The lowest BCUT2D eigenvalue weighted by atomic mass is 10.0. The number of nitrogens with zero attached hydrogens (tertiary/aromatic N) is 2. The Morgan fingerprint density at radius 2 is 2.26 bits per heavy atom. The van der Waals surface area contributed by atoms with E-state index < -0.39 is 0 Å². The molecule has 0 saturated carbocycles. The van der Waals surface area contributed by atoms with Crippen LogP contribution in [0.2, 0.25) is 0 Å². The second-order valence-electron chi connectivity index (χ2n) is 5.77. The molecule has 122 valence electrons. The Bertz CT molecular complexity index is 727. The summed E-state index contributed by atoms with van der Waals surface area (Å²) < 4.78 is 8.31. The maximum atomic E-state index is 12.6. The molecule has 0 aliphatic carbocycles. The van der Waals surface area contributed by atoms with Gasteiger partial charge in [0.15, 0.2) is 0 Å². The molecule has 0 fully saturated rings. The molecular formula is C17H20BrN3O2. The first-order valence-electron chi connectivity index (χ1n) is 7.79. The number of fused-ring (bicyclic) bond motifs is 1. The number of aryl methyl sites for hydroxylation is 1. The molecule has 5 nitrogen and oxygen atoms in total. The van der Waals surface area contributed by atoms with Crippen LogP contribution in [0.5, 0.6) is 5.75 Å². The standard InChI is InChI=1S/C17H20BrN3O2/c1-11(13-7-6-12(18)9-16(13)23-2)20-17(22)14-10-19-21-8-4-3-5-15(14)21/h6-7,9-11H,3-5,8H2,1-2H3,(H,20,22)/t11-/m0/s1. The number of ether oxygens (including phenoxy) is 1. The molecule has 2 heterocycles. The molecule has 1 aromatic carbocycles. The Labute approximate surface area is 144 Å². The van der Waals surface area contributed by atoms with Crippen LogP contribution in [0, 0.1) is 0 Å². The normalized spacial score (nSPS) is 14.9. The topological polar surface area (TPSA) is 56.1 Å². The van der Waals surface area contributed by atoms with Crippen molar-refractivity contribution < 1.29 is 9.53 Å². The minimum atomic E-state index is -0.148. The Balaban J connectivity index is 1.79. The van der Waals surface area contributed by atoms with E-state index in [1.54, 1.807) is 13.3 Å². The van der Waals surface area contributed by atoms with E-state index in [1.807, 2.05) is 29.8 Å². The van der Waals surface area contributed by atoms with Gasteiger partial charge in [-0.25, -0.2) is 0 Å². The Morgan fingerprint density at radius 1 is 1.43 bits per heavy atom. The maximum absolute atomic E-state index is 12.6. The van der Waals surface area contributed by atoms with Crippen molar-refractivity contribution in [2.45, 2.75) is 38.8 Å². The molecule has 1 aliphatic heterocycles. The van der Waals surface area contributed by atoms with Gasteiger partial charge >= 0.3 is 0 Å². The van der Waals surface area contributed by atoms with Gasteiger partial charge in [0, 0.05) is 16.6 Å². The van der Waals surface area contributed by atoms with Gasteiger partial charge in [-0.1, -0.05) is 22.0 Å². The van der Waals surface area contributed by atoms with E-state index in [2.05, 4.69) is 26.3 Å². The Hall–Kier alpha value is -1.82. The smallest absolute Gasteiger partial charge is 0.255 e. The quantitative estimate of drug-likeness (QED) is 0.886. The summed E-state index contributed by atoms with van der Waals surface area (Å²) in [5.74, 6) is 0.676. The van der Waals surface area contributed by atoms with Crippen LogP contribution in [-0.2, 0) is 13.0 Å². The third-order valence-electron chi connectivity index (χ3n) is 4.24. The van der Waals surface area contributed by atoms with Gasteiger partial charge in [-0.15, -0.1) is 0 Å². The molecule has 2 aromatic rings. The van der Waals surface area contributed by atoms with Crippen LogP contribution in [0.15, 0.2) is 28.9 Å². The van der Waals surface area contributed by atoms with Crippen LogP contribution in [0.25, 0.3) is 0 Å². The number of nitrogens with one attached hydrogen (secondary N) is 1. The van der Waals surface area contributed by atoms with Crippen molar-refractivity contribution >= 4 is 21.8 Å². The number of carbonyl (C=O) groups is 1. The number of carbonyl (C=O) groups excluding carboxylic acids is 1. The predicted molar refractivity (Wildman–Crippen MR) is 91.7 cm³/mol. The average Bonchev–Trinajstić information content (AvgIpc) is 2.98. The molecule has 23 heavy (non-hydrogen) atoms. The lowest BCUT2D eigenvalue weighted by molar-refractivity contribution is 0.0938. The molecule has 0 spiro atoms. The van der Waals surface area contributed by atoms with Crippen LogP contribution in [-0.4, -0.2) is 22.8 Å². The summed E-state index contributed by atoms with van der Waals surface area (Å²) in [6.07, 6.45) is 4.84. The number of benzene rings is 1. The summed E-state index contributed by atoms with van der Waals surface area (Å²) >= 11 is 3.43. The van der Waals surface area contributed by atoms with Crippen molar-refractivity contribution in [2.75, 3.05) is 7.11 Å². The highest BCUT2D eigenvalue weighted by Gasteiger charge is 2.22. The SMILES string of the molecule is COc1cc(Br)ccc1[C@H](C)NC(=O)c1cnn2c1CCCC2. The summed E-state index contributed by atoms with van der Waals surface area (Å²) in [6.45, 7) is 2.86. The van der Waals surface area contributed by atoms with E-state index >= 15 is 0 Å². The molecule has 0 saturated heterocycles. The third-order valence-corrected chi connectivity index (χ3v) is 4.73. The van der Waals surface area contributed by atoms with Crippen molar-refractivity contribution in [2.24, 2.45) is 0 Å². The molecule has 1 aromatic heterocycles. The van der Waals surface area contributed by atoms with Gasteiger partial charge in [-0.3, -0.25) is 9.48 Å². The summed E-state index contributed by atoms with van der Waals surface area (Å²) in [6, 6.07) is 5.66. The molecule has 6 heteroatoms. The Morgan fingerprint density at radius 3 is 3.04 bits per heavy atom. The monoisotopic (exact) mass is 377 g/mol. The summed E-state index contributed by atoms with van der Waals surface area (Å²) in [7, 11) is 1.63. The second kappa shape index (κ2) is 6.74. The molecule has 0 radical (unpaired) electrons. The molecular weight excluding hydrogens is 358 g/mol. The molecule has 3 rings (SSSR count). The molecule has 0 unspecified atom stereocenters. The lowest BCUT2D eigenvalue weighted by Gasteiger charge is -2.19. The van der Waals surface area contributed by atoms with Crippen LogP contribution in [0.4, 0.5) is 0 Å². The van der Waals surface area contributed by atoms with Gasteiger partial charge < -0.3 is 10.1 Å². The number of rotatable bonds is 4. The largest absolute Gasteiger partial charge is 0.496 e. The first-order valence-corrected chi connectivity index (χ1v) is 8.58. The zero-order chi connectivity index (χ0) is 16.4. The minimum Gasteiger partial charge on any atom is -0.496 e. The Kier molecular flexibility index (Phi) is 4.71.